The zero-order chi connectivity index (χ0) is 18.8. The molecule has 5 heteroatoms. The highest BCUT2D eigenvalue weighted by Gasteiger charge is 2.16. The van der Waals surface area contributed by atoms with Crippen LogP contribution in [-0.4, -0.2) is 19.9 Å². The molecule has 27 heavy (non-hydrogen) atoms. The van der Waals surface area contributed by atoms with Crippen LogP contribution in [-0.2, 0) is 6.54 Å². The van der Waals surface area contributed by atoms with Gasteiger partial charge in [-0.3, -0.25) is 4.79 Å². The zero-order valence-corrected chi connectivity index (χ0v) is 16.5. The van der Waals surface area contributed by atoms with Crippen molar-refractivity contribution < 1.29 is 4.79 Å². The maximum absolute atomic E-state index is 12.4. The number of aromatic nitrogens is 3. The summed E-state index contributed by atoms with van der Waals surface area (Å²) in [6, 6.07) is 12.8. The lowest BCUT2D eigenvalue weighted by Crippen LogP contribution is -1.98. The van der Waals surface area contributed by atoms with Crippen molar-refractivity contribution in [2.45, 2.75) is 39.7 Å². The number of hydrogen-bond donors (Lipinski definition) is 0. The van der Waals surface area contributed by atoms with Crippen LogP contribution in [0.5, 0.6) is 0 Å². The highest BCUT2D eigenvalue weighted by Crippen LogP contribution is 2.34. The third-order valence-corrected chi connectivity index (χ3v) is 6.02. The molecular formula is C22H23N3OS. The van der Waals surface area contributed by atoms with Gasteiger partial charge < -0.3 is 9.13 Å². The molecule has 3 heterocycles. The van der Waals surface area contributed by atoms with Crippen LogP contribution in [0, 0.1) is 0 Å². The van der Waals surface area contributed by atoms with Gasteiger partial charge in [-0.25, -0.2) is 4.98 Å². The van der Waals surface area contributed by atoms with E-state index in [-0.39, 0.29) is 5.78 Å². The fourth-order valence-electron chi connectivity index (χ4n) is 3.44. The second kappa shape index (κ2) is 7.53. The number of aryl methyl sites for hydroxylation is 1. The number of hydrogen-bond acceptors (Lipinski definition) is 3. The van der Waals surface area contributed by atoms with E-state index >= 15 is 0 Å². The maximum Gasteiger partial charge on any atom is 0.172 e. The van der Waals surface area contributed by atoms with Crippen LogP contribution in [0.15, 0.2) is 55.1 Å². The van der Waals surface area contributed by atoms with Crippen molar-refractivity contribution >= 4 is 27.3 Å². The number of ketones is 1. The molecule has 0 saturated carbocycles. The van der Waals surface area contributed by atoms with Gasteiger partial charge in [0.1, 0.15) is 0 Å². The minimum Gasteiger partial charge on any atom is -0.340 e. The molecule has 0 N–H and O–H groups in total. The van der Waals surface area contributed by atoms with Crippen molar-refractivity contribution in [2.75, 3.05) is 0 Å². The lowest BCUT2D eigenvalue weighted by Gasteiger charge is -2.09. The maximum atomic E-state index is 12.4. The molecule has 0 bridgehead atoms. The van der Waals surface area contributed by atoms with Gasteiger partial charge in [-0.15, -0.1) is 11.3 Å². The molecule has 0 spiro atoms. The fourth-order valence-corrected chi connectivity index (χ4v) is 4.50. The summed E-state index contributed by atoms with van der Waals surface area (Å²) < 4.78 is 5.48. The zero-order valence-electron chi connectivity index (χ0n) is 15.7. The molecule has 3 aromatic heterocycles. The monoisotopic (exact) mass is 377 g/mol. The Morgan fingerprint density at radius 2 is 1.96 bits per heavy atom. The number of imidazole rings is 1. The number of fused-ring (bicyclic) bond motifs is 1. The number of unbranched alkanes of at least 4 members (excludes halogenated alkanes) is 1. The van der Waals surface area contributed by atoms with Gasteiger partial charge in [0.25, 0.3) is 0 Å². The van der Waals surface area contributed by atoms with Crippen LogP contribution in [0.25, 0.3) is 27.2 Å². The van der Waals surface area contributed by atoms with Gasteiger partial charge >= 0.3 is 0 Å². The third kappa shape index (κ3) is 3.35. The van der Waals surface area contributed by atoms with E-state index in [2.05, 4.69) is 59.8 Å². The lowest BCUT2D eigenvalue weighted by atomic mass is 10.1. The molecule has 138 valence electrons. The predicted octanol–water partition coefficient (Wildman–Crippen LogP) is 5.95. The number of benzene rings is 1. The summed E-state index contributed by atoms with van der Waals surface area (Å²) in [7, 11) is 0. The molecule has 4 aromatic rings. The number of carbonyl (C=O) groups excluding carboxylic acids is 1. The van der Waals surface area contributed by atoms with Crippen molar-refractivity contribution in [1.29, 1.82) is 0 Å². The van der Waals surface area contributed by atoms with Gasteiger partial charge in [0.05, 0.1) is 21.4 Å². The Morgan fingerprint density at radius 3 is 2.63 bits per heavy atom. The quantitative estimate of drug-likeness (QED) is 0.373. The van der Waals surface area contributed by atoms with Gasteiger partial charge in [-0.05, 0) is 43.2 Å². The van der Waals surface area contributed by atoms with E-state index in [1.54, 1.807) is 23.9 Å². The third-order valence-electron chi connectivity index (χ3n) is 4.90. The first-order valence-electron chi connectivity index (χ1n) is 9.46. The molecule has 0 atom stereocenters. The van der Waals surface area contributed by atoms with E-state index < -0.39 is 0 Å². The Hall–Kier alpha value is -2.66. The number of carbonyl (C=O) groups is 1. The smallest absolute Gasteiger partial charge is 0.172 e. The van der Waals surface area contributed by atoms with Crippen molar-refractivity contribution in [1.82, 2.24) is 14.1 Å². The first kappa shape index (κ1) is 17.7. The fraction of sp³-hybridized carbons (Fsp3) is 0.273. The Bertz CT molecular complexity index is 1060. The summed E-state index contributed by atoms with van der Waals surface area (Å²) in [5, 5.41) is 0. The second-order valence-electron chi connectivity index (χ2n) is 6.68. The highest BCUT2D eigenvalue weighted by atomic mass is 32.1. The number of thiophene rings is 1. The van der Waals surface area contributed by atoms with E-state index in [0.717, 1.165) is 35.5 Å². The average molecular weight is 378 g/mol. The summed E-state index contributed by atoms with van der Waals surface area (Å²) in [4.78, 5) is 17.4. The van der Waals surface area contributed by atoms with Gasteiger partial charge in [-0.1, -0.05) is 25.5 Å². The molecule has 0 unspecified atom stereocenters. The van der Waals surface area contributed by atoms with Crippen molar-refractivity contribution in [3.8, 4) is 16.9 Å². The normalized spacial score (nSPS) is 11.3. The van der Waals surface area contributed by atoms with Crippen LogP contribution < -0.4 is 0 Å². The number of Topliss-reactive ketones (excluding diaryl/α,β-unsaturated/α-hetero) is 1. The lowest BCUT2D eigenvalue weighted by molar-refractivity contribution is 0.0983. The first-order chi connectivity index (χ1) is 13.2. The summed E-state index contributed by atoms with van der Waals surface area (Å²) in [6.07, 6.45) is 8.19. The molecule has 4 nitrogen and oxygen atoms in total. The van der Waals surface area contributed by atoms with Crippen molar-refractivity contribution in [3.63, 3.8) is 0 Å². The molecule has 0 saturated heterocycles. The minimum absolute atomic E-state index is 0.270. The van der Waals surface area contributed by atoms with Crippen molar-refractivity contribution in [2.24, 2.45) is 0 Å². The molecule has 0 radical (unpaired) electrons. The van der Waals surface area contributed by atoms with Gasteiger partial charge in [-0.2, -0.15) is 0 Å². The largest absolute Gasteiger partial charge is 0.340 e. The molecule has 0 aliphatic heterocycles. The highest BCUT2D eigenvalue weighted by molar-refractivity contribution is 7.20. The average Bonchev–Trinajstić information content (AvgIpc) is 3.41. The standard InChI is InChI=1S/C22H23N3OS/c1-3-5-6-20(26)22-14-19-21(27-22)13-18(25(19)4-2)16-7-9-17(10-8-16)24-12-11-23-15-24/h7-15H,3-6H2,1-2H3. The van der Waals surface area contributed by atoms with Gasteiger partial charge in [0.15, 0.2) is 5.78 Å². The molecule has 0 amide bonds. The summed E-state index contributed by atoms with van der Waals surface area (Å²) in [5.74, 6) is 0.270. The van der Waals surface area contributed by atoms with Crippen molar-refractivity contribution in [3.05, 3.63) is 60.0 Å². The van der Waals surface area contributed by atoms with Crippen LogP contribution in [0.4, 0.5) is 0 Å². The Kier molecular flexibility index (Phi) is 4.94. The van der Waals surface area contributed by atoms with Crippen LogP contribution in [0.3, 0.4) is 0 Å². The number of rotatable bonds is 7. The molecule has 4 rings (SSSR count). The van der Waals surface area contributed by atoms with E-state index in [1.165, 1.54) is 16.0 Å². The second-order valence-corrected chi connectivity index (χ2v) is 7.76. The van der Waals surface area contributed by atoms with E-state index in [4.69, 9.17) is 0 Å². The van der Waals surface area contributed by atoms with Crippen LogP contribution >= 0.6 is 11.3 Å². The van der Waals surface area contributed by atoms with E-state index in [0.29, 0.717) is 6.42 Å². The Morgan fingerprint density at radius 1 is 1.15 bits per heavy atom. The summed E-state index contributed by atoms with van der Waals surface area (Å²) in [6.45, 7) is 5.15. The topological polar surface area (TPSA) is 39.8 Å². The molecule has 0 aliphatic carbocycles. The Balaban J connectivity index is 1.67. The number of nitrogens with zero attached hydrogens (tertiary/aromatic N) is 3. The SMILES string of the molecule is CCCCC(=O)c1cc2c(cc(-c3ccc(-n4ccnc4)cc3)n2CC)s1. The minimum atomic E-state index is 0.270. The van der Waals surface area contributed by atoms with Crippen LogP contribution in [0.1, 0.15) is 42.8 Å². The summed E-state index contributed by atoms with van der Waals surface area (Å²) in [5.41, 5.74) is 4.64. The van der Waals surface area contributed by atoms with Crippen LogP contribution in [0.2, 0.25) is 0 Å². The Labute approximate surface area is 163 Å². The first-order valence-corrected chi connectivity index (χ1v) is 10.3. The van der Waals surface area contributed by atoms with Gasteiger partial charge in [0.2, 0.25) is 0 Å². The molecule has 0 aliphatic rings. The van der Waals surface area contributed by atoms with Gasteiger partial charge in [0, 0.05) is 36.7 Å². The molecule has 1 aromatic carbocycles. The van der Waals surface area contributed by atoms with E-state index in [1.807, 2.05) is 10.8 Å². The summed E-state index contributed by atoms with van der Waals surface area (Å²) >= 11 is 1.62. The molecule has 0 fully saturated rings. The predicted molar refractivity (Wildman–Crippen MR) is 112 cm³/mol. The van der Waals surface area contributed by atoms with E-state index in [9.17, 15) is 4.79 Å². The molecular weight excluding hydrogens is 354 g/mol.